The molecule has 0 aromatic heterocycles. The number of aliphatic hydroxyl groups is 1. The van der Waals surface area contributed by atoms with Gasteiger partial charge >= 0.3 is 0 Å². The third-order valence-electron chi connectivity index (χ3n) is 4.44. The van der Waals surface area contributed by atoms with Crippen LogP contribution in [0.25, 0.3) is 0 Å². The van der Waals surface area contributed by atoms with Crippen molar-refractivity contribution in [3.05, 3.63) is 23.8 Å². The first-order valence-electron chi connectivity index (χ1n) is 7.70. The summed E-state index contributed by atoms with van der Waals surface area (Å²) in [6.07, 6.45) is 4.03. The highest BCUT2D eigenvalue weighted by atomic mass is 16.5. The minimum atomic E-state index is -0.539. The van der Waals surface area contributed by atoms with Crippen molar-refractivity contribution in [3.63, 3.8) is 0 Å². The minimum absolute atomic E-state index is 0.539. The summed E-state index contributed by atoms with van der Waals surface area (Å²) in [4.78, 5) is 0. The van der Waals surface area contributed by atoms with Crippen LogP contribution >= 0.6 is 0 Å². The van der Waals surface area contributed by atoms with Crippen LogP contribution in [0.15, 0.2) is 18.2 Å². The van der Waals surface area contributed by atoms with Gasteiger partial charge in [-0.25, -0.2) is 0 Å². The van der Waals surface area contributed by atoms with E-state index in [1.54, 1.807) is 14.2 Å². The van der Waals surface area contributed by atoms with Gasteiger partial charge in [-0.2, -0.15) is 0 Å². The highest BCUT2D eigenvalue weighted by Gasteiger charge is 2.31. The topological polar surface area (TPSA) is 50.7 Å². The lowest BCUT2D eigenvalue weighted by molar-refractivity contribution is -0.00630. The standard InChI is InChI=1S/C17H27NO3/c1-13-6-8-17(19,9-7-13)12-18-11-14-4-5-15(20-2)16(10-14)21-3/h4-5,10,13,18-19H,6-9,11-12H2,1-3H3. The lowest BCUT2D eigenvalue weighted by atomic mass is 9.79. The smallest absolute Gasteiger partial charge is 0.161 e. The van der Waals surface area contributed by atoms with Gasteiger partial charge in [-0.1, -0.05) is 13.0 Å². The van der Waals surface area contributed by atoms with Gasteiger partial charge in [-0.3, -0.25) is 0 Å². The molecule has 0 bridgehead atoms. The maximum absolute atomic E-state index is 10.5. The van der Waals surface area contributed by atoms with Crippen molar-refractivity contribution in [1.29, 1.82) is 0 Å². The molecule has 0 saturated heterocycles. The van der Waals surface area contributed by atoms with Crippen molar-refractivity contribution < 1.29 is 14.6 Å². The van der Waals surface area contributed by atoms with Crippen LogP contribution in [0, 0.1) is 5.92 Å². The number of ether oxygens (including phenoxy) is 2. The maximum atomic E-state index is 10.5. The molecule has 0 atom stereocenters. The van der Waals surface area contributed by atoms with E-state index in [0.29, 0.717) is 6.54 Å². The Morgan fingerprint density at radius 3 is 2.48 bits per heavy atom. The fraction of sp³-hybridized carbons (Fsp3) is 0.647. The highest BCUT2D eigenvalue weighted by molar-refractivity contribution is 5.42. The van der Waals surface area contributed by atoms with Crippen LogP contribution in [-0.2, 0) is 6.54 Å². The summed E-state index contributed by atoms with van der Waals surface area (Å²) in [5, 5.41) is 13.9. The Bertz CT molecular complexity index is 453. The van der Waals surface area contributed by atoms with Crippen molar-refractivity contribution in [2.75, 3.05) is 20.8 Å². The lowest BCUT2D eigenvalue weighted by Gasteiger charge is -2.35. The van der Waals surface area contributed by atoms with Crippen LogP contribution in [0.2, 0.25) is 0 Å². The quantitative estimate of drug-likeness (QED) is 0.847. The highest BCUT2D eigenvalue weighted by Crippen LogP contribution is 2.31. The van der Waals surface area contributed by atoms with E-state index < -0.39 is 5.60 Å². The fourth-order valence-corrected chi connectivity index (χ4v) is 2.91. The molecule has 1 fully saturated rings. The zero-order valence-corrected chi connectivity index (χ0v) is 13.3. The summed E-state index contributed by atoms with van der Waals surface area (Å²) < 4.78 is 10.5. The van der Waals surface area contributed by atoms with Gasteiger partial charge in [-0.15, -0.1) is 0 Å². The molecule has 2 rings (SSSR count). The number of nitrogens with one attached hydrogen (secondary N) is 1. The Morgan fingerprint density at radius 1 is 1.19 bits per heavy atom. The van der Waals surface area contributed by atoms with Crippen LogP contribution < -0.4 is 14.8 Å². The van der Waals surface area contributed by atoms with E-state index in [1.165, 1.54) is 0 Å². The first-order chi connectivity index (χ1) is 10.1. The Morgan fingerprint density at radius 2 is 1.86 bits per heavy atom. The molecule has 4 nitrogen and oxygen atoms in total. The summed E-state index contributed by atoms with van der Waals surface area (Å²) in [5.74, 6) is 2.22. The monoisotopic (exact) mass is 293 g/mol. The van der Waals surface area contributed by atoms with Crippen LogP contribution in [-0.4, -0.2) is 31.5 Å². The molecule has 0 radical (unpaired) electrons. The molecule has 21 heavy (non-hydrogen) atoms. The SMILES string of the molecule is COc1ccc(CNCC2(O)CCC(C)CC2)cc1OC. The van der Waals surface area contributed by atoms with E-state index in [1.807, 2.05) is 18.2 Å². The van der Waals surface area contributed by atoms with Gasteiger partial charge in [0.1, 0.15) is 0 Å². The normalized spacial score (nSPS) is 25.6. The summed E-state index contributed by atoms with van der Waals surface area (Å²) in [6.45, 7) is 3.63. The molecule has 0 amide bonds. The second-order valence-electron chi connectivity index (χ2n) is 6.20. The molecule has 2 N–H and O–H groups in total. The third kappa shape index (κ3) is 4.35. The molecule has 1 aromatic rings. The van der Waals surface area contributed by atoms with Gasteiger partial charge in [0.25, 0.3) is 0 Å². The first kappa shape index (κ1) is 16.1. The predicted octanol–water partition coefficient (Wildman–Crippen LogP) is 2.73. The van der Waals surface area contributed by atoms with Crippen LogP contribution in [0.1, 0.15) is 38.2 Å². The van der Waals surface area contributed by atoms with Crippen molar-refractivity contribution in [2.45, 2.75) is 44.8 Å². The van der Waals surface area contributed by atoms with Crippen molar-refractivity contribution in [3.8, 4) is 11.5 Å². The van der Waals surface area contributed by atoms with Gasteiger partial charge in [0.05, 0.1) is 19.8 Å². The van der Waals surface area contributed by atoms with Gasteiger partial charge in [-0.05, 0) is 49.3 Å². The van der Waals surface area contributed by atoms with Crippen LogP contribution in [0.4, 0.5) is 0 Å². The number of rotatable bonds is 6. The maximum Gasteiger partial charge on any atom is 0.161 e. The summed E-state index contributed by atoms with van der Waals surface area (Å²) >= 11 is 0. The second-order valence-corrected chi connectivity index (χ2v) is 6.20. The molecule has 0 aliphatic heterocycles. The van der Waals surface area contributed by atoms with Crippen molar-refractivity contribution >= 4 is 0 Å². The number of benzene rings is 1. The van der Waals surface area contributed by atoms with E-state index in [9.17, 15) is 5.11 Å². The Hall–Kier alpha value is -1.26. The molecular formula is C17H27NO3. The third-order valence-corrected chi connectivity index (χ3v) is 4.44. The zero-order chi connectivity index (χ0) is 15.3. The van der Waals surface area contributed by atoms with E-state index in [0.717, 1.165) is 55.2 Å². The van der Waals surface area contributed by atoms with Crippen LogP contribution in [0.5, 0.6) is 11.5 Å². The summed E-state index contributed by atoms with van der Waals surface area (Å²) in [5.41, 5.74) is 0.587. The average molecular weight is 293 g/mol. The molecule has 0 heterocycles. The number of hydrogen-bond donors (Lipinski definition) is 2. The molecule has 1 aliphatic carbocycles. The molecule has 0 spiro atoms. The van der Waals surface area contributed by atoms with Crippen molar-refractivity contribution in [2.24, 2.45) is 5.92 Å². The van der Waals surface area contributed by atoms with E-state index in [2.05, 4.69) is 12.2 Å². The zero-order valence-electron chi connectivity index (χ0n) is 13.3. The largest absolute Gasteiger partial charge is 0.493 e. The lowest BCUT2D eigenvalue weighted by Crippen LogP contribution is -2.43. The van der Waals surface area contributed by atoms with Gasteiger partial charge in [0.15, 0.2) is 11.5 Å². The molecule has 4 heteroatoms. The number of hydrogen-bond acceptors (Lipinski definition) is 4. The molecule has 1 aliphatic rings. The predicted molar refractivity (Wildman–Crippen MR) is 83.8 cm³/mol. The Kier molecular flexibility index (Phi) is 5.48. The second kappa shape index (κ2) is 7.14. The molecule has 1 saturated carbocycles. The summed E-state index contributed by atoms with van der Waals surface area (Å²) in [6, 6.07) is 5.90. The van der Waals surface area contributed by atoms with E-state index >= 15 is 0 Å². The molecule has 118 valence electrons. The first-order valence-corrected chi connectivity index (χ1v) is 7.70. The minimum Gasteiger partial charge on any atom is -0.493 e. The summed E-state index contributed by atoms with van der Waals surface area (Å²) in [7, 11) is 3.27. The van der Waals surface area contributed by atoms with Crippen molar-refractivity contribution in [1.82, 2.24) is 5.32 Å². The fourth-order valence-electron chi connectivity index (χ4n) is 2.91. The van der Waals surface area contributed by atoms with Crippen LogP contribution in [0.3, 0.4) is 0 Å². The van der Waals surface area contributed by atoms with Gasteiger partial charge in [0.2, 0.25) is 0 Å². The van der Waals surface area contributed by atoms with Gasteiger partial charge < -0.3 is 19.9 Å². The number of methoxy groups -OCH3 is 2. The molecule has 1 aromatic carbocycles. The van der Waals surface area contributed by atoms with Gasteiger partial charge in [0, 0.05) is 13.1 Å². The average Bonchev–Trinajstić information content (AvgIpc) is 2.50. The Balaban J connectivity index is 1.86. The Labute approximate surface area is 127 Å². The van der Waals surface area contributed by atoms with E-state index in [-0.39, 0.29) is 0 Å². The molecule has 0 unspecified atom stereocenters. The van der Waals surface area contributed by atoms with E-state index in [4.69, 9.17) is 9.47 Å². The molecular weight excluding hydrogens is 266 g/mol.